The van der Waals surface area contributed by atoms with Crippen molar-refractivity contribution >= 4 is 31.4 Å². The van der Waals surface area contributed by atoms with E-state index in [0.29, 0.717) is 16.7 Å². The average molecular weight is 363 g/mol. The summed E-state index contributed by atoms with van der Waals surface area (Å²) in [6.07, 6.45) is 1.13. The number of hydrogen-bond acceptors (Lipinski definition) is 5. The molecule has 0 bridgehead atoms. The number of carbonyl (C=O) groups excluding carboxylic acids is 2. The summed E-state index contributed by atoms with van der Waals surface area (Å²) in [7, 11) is -2.31. The summed E-state index contributed by atoms with van der Waals surface area (Å²) in [6, 6.07) is 15.3. The quantitative estimate of drug-likeness (QED) is 0.464. The van der Waals surface area contributed by atoms with Gasteiger partial charge in [-0.1, -0.05) is 42.5 Å². The zero-order valence-corrected chi connectivity index (χ0v) is 14.7. The van der Waals surface area contributed by atoms with Crippen LogP contribution in [0.25, 0.3) is 0 Å². The summed E-state index contributed by atoms with van der Waals surface area (Å²) in [5.41, 5.74) is 1.52. The van der Waals surface area contributed by atoms with Gasteiger partial charge in [0.15, 0.2) is 14.7 Å². The summed E-state index contributed by atoms with van der Waals surface area (Å²) in [6.45, 7) is 0.251. The van der Waals surface area contributed by atoms with E-state index in [1.807, 2.05) is 6.07 Å². The highest BCUT2D eigenvalue weighted by Gasteiger charge is 2.11. The first-order valence-electron chi connectivity index (χ1n) is 7.19. The fraction of sp³-hybridized carbons (Fsp3) is 0.176. The Morgan fingerprint density at radius 2 is 1.46 bits per heavy atom. The Morgan fingerprint density at radius 1 is 0.917 bits per heavy atom. The highest BCUT2D eigenvalue weighted by molar-refractivity contribution is 8.71. The van der Waals surface area contributed by atoms with Crippen molar-refractivity contribution in [3.63, 3.8) is 0 Å². The van der Waals surface area contributed by atoms with Gasteiger partial charge in [-0.25, -0.2) is 8.42 Å². The van der Waals surface area contributed by atoms with Crippen LogP contribution in [0.15, 0.2) is 54.6 Å². The van der Waals surface area contributed by atoms with Gasteiger partial charge >= 0.3 is 0 Å². The van der Waals surface area contributed by atoms with Crippen LogP contribution in [-0.4, -0.2) is 38.7 Å². The SMILES string of the molecule is CS(=O)(=O)SCCNC(=O)c1ccc(C(=O)c2ccccc2)cc1. The van der Waals surface area contributed by atoms with Crippen LogP contribution in [0.4, 0.5) is 0 Å². The van der Waals surface area contributed by atoms with Crippen LogP contribution in [0.5, 0.6) is 0 Å². The van der Waals surface area contributed by atoms with E-state index in [-0.39, 0.29) is 24.0 Å². The molecular formula is C17H17NO4S2. The van der Waals surface area contributed by atoms with Crippen LogP contribution in [0, 0.1) is 0 Å². The molecule has 24 heavy (non-hydrogen) atoms. The lowest BCUT2D eigenvalue weighted by molar-refractivity contribution is 0.0954. The molecule has 5 nitrogen and oxygen atoms in total. The van der Waals surface area contributed by atoms with Crippen LogP contribution in [0.3, 0.4) is 0 Å². The third kappa shape index (κ3) is 5.50. The fourth-order valence-corrected chi connectivity index (χ4v) is 3.64. The van der Waals surface area contributed by atoms with Crippen molar-refractivity contribution in [2.45, 2.75) is 0 Å². The maximum absolute atomic E-state index is 12.3. The minimum Gasteiger partial charge on any atom is -0.351 e. The Hall–Kier alpha value is -2.12. The summed E-state index contributed by atoms with van der Waals surface area (Å²) in [5.74, 6) is -0.121. The smallest absolute Gasteiger partial charge is 0.251 e. The first kappa shape index (κ1) is 18.2. The lowest BCUT2D eigenvalue weighted by Crippen LogP contribution is -2.26. The van der Waals surface area contributed by atoms with Gasteiger partial charge in [-0.05, 0) is 22.9 Å². The maximum atomic E-state index is 12.3. The molecule has 1 N–H and O–H groups in total. The van der Waals surface area contributed by atoms with E-state index < -0.39 is 8.87 Å². The fourth-order valence-electron chi connectivity index (χ4n) is 1.99. The highest BCUT2D eigenvalue weighted by Crippen LogP contribution is 2.11. The van der Waals surface area contributed by atoms with Crippen molar-refractivity contribution in [1.82, 2.24) is 5.32 Å². The topological polar surface area (TPSA) is 80.3 Å². The molecule has 0 aliphatic carbocycles. The molecule has 0 heterocycles. The first-order valence-corrected chi connectivity index (χ1v) is 10.6. The van der Waals surface area contributed by atoms with Gasteiger partial charge in [0.1, 0.15) is 0 Å². The van der Waals surface area contributed by atoms with E-state index >= 15 is 0 Å². The molecule has 2 aromatic carbocycles. The Bertz CT molecular complexity index is 815. The Labute approximate surface area is 144 Å². The maximum Gasteiger partial charge on any atom is 0.251 e. The Morgan fingerprint density at radius 3 is 2.04 bits per heavy atom. The standard InChI is InChI=1S/C17H17NO4S2/c1-24(21,22)23-12-11-18-17(20)15-9-7-14(8-10-15)16(19)13-5-3-2-4-6-13/h2-10H,11-12H2,1H3,(H,18,20). The predicted octanol–water partition coefficient (Wildman–Crippen LogP) is 2.34. The second-order valence-corrected chi connectivity index (χ2v) is 9.63. The molecule has 0 aromatic heterocycles. The van der Waals surface area contributed by atoms with Crippen LogP contribution in [0.1, 0.15) is 26.3 Å². The van der Waals surface area contributed by atoms with Crippen molar-refractivity contribution in [3.05, 3.63) is 71.3 Å². The van der Waals surface area contributed by atoms with Gasteiger partial charge in [-0.3, -0.25) is 9.59 Å². The van der Waals surface area contributed by atoms with Crippen LogP contribution >= 0.6 is 10.8 Å². The van der Waals surface area contributed by atoms with Crippen molar-refractivity contribution in [2.24, 2.45) is 0 Å². The molecule has 0 spiro atoms. The summed E-state index contributed by atoms with van der Waals surface area (Å²) in [4.78, 5) is 24.2. The lowest BCUT2D eigenvalue weighted by Gasteiger charge is -2.06. The molecule has 0 saturated heterocycles. The van der Waals surface area contributed by atoms with Crippen molar-refractivity contribution in [1.29, 1.82) is 0 Å². The lowest BCUT2D eigenvalue weighted by atomic mass is 10.0. The number of carbonyl (C=O) groups is 2. The van der Waals surface area contributed by atoms with Gasteiger partial charge in [0.25, 0.3) is 5.91 Å². The molecule has 0 radical (unpaired) electrons. The molecule has 0 saturated carbocycles. The van der Waals surface area contributed by atoms with E-state index in [1.165, 1.54) is 0 Å². The van der Waals surface area contributed by atoms with Crippen molar-refractivity contribution < 1.29 is 18.0 Å². The monoisotopic (exact) mass is 363 g/mol. The third-order valence-corrected chi connectivity index (χ3v) is 5.71. The molecule has 0 atom stereocenters. The van der Waals surface area contributed by atoms with Gasteiger partial charge < -0.3 is 5.32 Å². The summed E-state index contributed by atoms with van der Waals surface area (Å²) >= 11 is 0. The molecule has 2 rings (SSSR count). The van der Waals surface area contributed by atoms with Gasteiger partial charge in [-0.2, -0.15) is 0 Å². The van der Waals surface area contributed by atoms with Crippen LogP contribution in [-0.2, 0) is 8.87 Å². The molecule has 0 aliphatic heterocycles. The zero-order chi connectivity index (χ0) is 17.6. The Balaban J connectivity index is 1.94. The summed E-state index contributed by atoms with van der Waals surface area (Å²) < 4.78 is 22.0. The Kier molecular flexibility index (Phi) is 6.16. The van der Waals surface area contributed by atoms with E-state index in [4.69, 9.17) is 0 Å². The van der Waals surface area contributed by atoms with Gasteiger partial charge in [0.2, 0.25) is 0 Å². The minimum atomic E-state index is -3.10. The molecule has 0 fully saturated rings. The summed E-state index contributed by atoms with van der Waals surface area (Å²) in [5, 5.41) is 2.64. The highest BCUT2D eigenvalue weighted by atomic mass is 33.1. The van der Waals surface area contributed by atoms with Gasteiger partial charge in [0.05, 0.1) is 0 Å². The van der Waals surface area contributed by atoms with Crippen LogP contribution in [0.2, 0.25) is 0 Å². The number of rotatable bonds is 7. The molecule has 126 valence electrons. The van der Waals surface area contributed by atoms with Gasteiger partial charge in [0, 0.05) is 35.2 Å². The predicted molar refractivity (Wildman–Crippen MR) is 96.0 cm³/mol. The third-order valence-electron chi connectivity index (χ3n) is 3.13. The van der Waals surface area contributed by atoms with E-state index in [9.17, 15) is 18.0 Å². The first-order chi connectivity index (χ1) is 11.4. The second kappa shape index (κ2) is 8.12. The molecule has 0 aliphatic rings. The van der Waals surface area contributed by atoms with E-state index in [1.54, 1.807) is 48.5 Å². The molecule has 1 amide bonds. The average Bonchev–Trinajstić information content (AvgIpc) is 2.58. The minimum absolute atomic E-state index is 0.105. The number of benzene rings is 2. The number of hydrogen-bond donors (Lipinski definition) is 1. The zero-order valence-electron chi connectivity index (χ0n) is 13.1. The molecule has 0 unspecified atom stereocenters. The van der Waals surface area contributed by atoms with E-state index in [0.717, 1.165) is 17.0 Å². The molecule has 2 aromatic rings. The van der Waals surface area contributed by atoms with Crippen molar-refractivity contribution in [3.8, 4) is 0 Å². The van der Waals surface area contributed by atoms with Crippen molar-refractivity contribution in [2.75, 3.05) is 18.6 Å². The molecule has 7 heteroatoms. The number of amides is 1. The normalized spacial score (nSPS) is 11.0. The van der Waals surface area contributed by atoms with E-state index in [2.05, 4.69) is 5.32 Å². The van der Waals surface area contributed by atoms with Gasteiger partial charge in [-0.15, -0.1) is 0 Å². The largest absolute Gasteiger partial charge is 0.351 e. The second-order valence-electron chi connectivity index (χ2n) is 5.05. The number of nitrogens with one attached hydrogen (secondary N) is 1. The molecular weight excluding hydrogens is 346 g/mol. The van der Waals surface area contributed by atoms with Crippen LogP contribution < -0.4 is 5.32 Å². The number of ketones is 1.